The van der Waals surface area contributed by atoms with Gasteiger partial charge in [0.25, 0.3) is 0 Å². The third kappa shape index (κ3) is 4.03. The Bertz CT molecular complexity index is 921. The highest BCUT2D eigenvalue weighted by Gasteiger charge is 2.13. The molecule has 5 nitrogen and oxygen atoms in total. The summed E-state index contributed by atoms with van der Waals surface area (Å²) >= 11 is 1.41. The number of amides is 1. The van der Waals surface area contributed by atoms with Gasteiger partial charge in [0.05, 0.1) is 26.3 Å². The Kier molecular flexibility index (Phi) is 5.53. The van der Waals surface area contributed by atoms with Gasteiger partial charge in [-0.05, 0) is 30.7 Å². The molecule has 1 aromatic heterocycles. The number of nitrogens with zero attached hydrogens (tertiary/aromatic N) is 1. The Morgan fingerprint density at radius 3 is 2.69 bits per heavy atom. The Labute approximate surface area is 156 Å². The summed E-state index contributed by atoms with van der Waals surface area (Å²) in [7, 11) is 3.17. The van der Waals surface area contributed by atoms with Crippen molar-refractivity contribution in [3.05, 3.63) is 59.0 Å². The molecule has 0 bridgehead atoms. The third-order valence-electron chi connectivity index (χ3n) is 4.01. The molecule has 0 saturated carbocycles. The molecule has 0 aliphatic heterocycles. The van der Waals surface area contributed by atoms with E-state index in [0.717, 1.165) is 22.4 Å². The Hall–Kier alpha value is -2.86. The zero-order chi connectivity index (χ0) is 18.5. The van der Waals surface area contributed by atoms with E-state index in [4.69, 9.17) is 9.47 Å². The molecule has 3 rings (SSSR count). The summed E-state index contributed by atoms with van der Waals surface area (Å²) in [5, 5.41) is 5.39. The fraction of sp³-hybridized carbons (Fsp3) is 0.200. The maximum Gasteiger partial charge on any atom is 0.230 e. The molecule has 0 radical (unpaired) electrons. The van der Waals surface area contributed by atoms with E-state index in [1.165, 1.54) is 11.3 Å². The molecule has 26 heavy (non-hydrogen) atoms. The molecule has 6 heteroatoms. The molecule has 1 N–H and O–H groups in total. The van der Waals surface area contributed by atoms with Gasteiger partial charge in [-0.15, -0.1) is 11.3 Å². The number of carbonyl (C=O) groups excluding carboxylic acids is 1. The molecule has 0 fully saturated rings. The van der Waals surface area contributed by atoms with Gasteiger partial charge in [-0.25, -0.2) is 4.98 Å². The minimum Gasteiger partial charge on any atom is -0.497 e. The first-order chi connectivity index (χ1) is 12.6. The average Bonchev–Trinajstić information content (AvgIpc) is 3.10. The summed E-state index contributed by atoms with van der Waals surface area (Å²) in [4.78, 5) is 17.0. The fourth-order valence-electron chi connectivity index (χ4n) is 2.67. The third-order valence-corrected chi connectivity index (χ3v) is 4.77. The molecule has 0 unspecified atom stereocenters. The van der Waals surface area contributed by atoms with E-state index in [2.05, 4.69) is 10.3 Å². The van der Waals surface area contributed by atoms with Gasteiger partial charge in [0.15, 0.2) is 5.13 Å². The van der Waals surface area contributed by atoms with Crippen LogP contribution in [-0.2, 0) is 11.2 Å². The number of thiazole rings is 1. The minimum absolute atomic E-state index is 0.151. The number of anilines is 1. The lowest BCUT2D eigenvalue weighted by Gasteiger charge is -2.10. The zero-order valence-corrected chi connectivity index (χ0v) is 15.7. The minimum atomic E-state index is -0.151. The van der Waals surface area contributed by atoms with E-state index < -0.39 is 0 Å². The van der Waals surface area contributed by atoms with Crippen LogP contribution in [0.1, 0.15) is 11.1 Å². The van der Waals surface area contributed by atoms with E-state index in [1.54, 1.807) is 32.4 Å². The van der Waals surface area contributed by atoms with E-state index >= 15 is 0 Å². The largest absolute Gasteiger partial charge is 0.497 e. The highest BCUT2D eigenvalue weighted by Crippen LogP contribution is 2.28. The van der Waals surface area contributed by atoms with E-state index in [1.807, 2.05) is 36.6 Å². The summed E-state index contributed by atoms with van der Waals surface area (Å²) in [6.45, 7) is 2.04. The lowest BCUT2D eigenvalue weighted by molar-refractivity contribution is -0.115. The maximum absolute atomic E-state index is 12.4. The summed E-state index contributed by atoms with van der Waals surface area (Å²) in [6, 6.07) is 13.4. The highest BCUT2D eigenvalue weighted by molar-refractivity contribution is 7.14. The Balaban J connectivity index is 1.73. The van der Waals surface area contributed by atoms with Gasteiger partial charge in [0.2, 0.25) is 5.91 Å². The van der Waals surface area contributed by atoms with Gasteiger partial charge < -0.3 is 14.8 Å². The van der Waals surface area contributed by atoms with Gasteiger partial charge >= 0.3 is 0 Å². The van der Waals surface area contributed by atoms with Crippen LogP contribution in [0.25, 0.3) is 11.3 Å². The van der Waals surface area contributed by atoms with Crippen LogP contribution in [0.5, 0.6) is 11.5 Å². The number of methoxy groups -OCH3 is 2. The van der Waals surface area contributed by atoms with Crippen molar-refractivity contribution in [2.75, 3.05) is 19.5 Å². The Morgan fingerprint density at radius 1 is 1.15 bits per heavy atom. The highest BCUT2D eigenvalue weighted by atomic mass is 32.1. The predicted octanol–water partition coefficient (Wildman–Crippen LogP) is 4.32. The van der Waals surface area contributed by atoms with Crippen LogP contribution in [0.15, 0.2) is 47.8 Å². The van der Waals surface area contributed by atoms with Crippen LogP contribution in [-0.4, -0.2) is 25.1 Å². The first-order valence-corrected chi connectivity index (χ1v) is 9.01. The smallest absolute Gasteiger partial charge is 0.230 e. The summed E-state index contributed by atoms with van der Waals surface area (Å²) in [5.74, 6) is 1.19. The normalized spacial score (nSPS) is 10.4. The van der Waals surface area contributed by atoms with Crippen LogP contribution >= 0.6 is 11.3 Å². The zero-order valence-electron chi connectivity index (χ0n) is 14.9. The number of aryl methyl sites for hydroxylation is 1. The van der Waals surface area contributed by atoms with Gasteiger partial charge in [-0.2, -0.15) is 0 Å². The van der Waals surface area contributed by atoms with Crippen molar-refractivity contribution in [2.24, 2.45) is 0 Å². The predicted molar refractivity (Wildman–Crippen MR) is 104 cm³/mol. The molecule has 0 spiro atoms. The molecular weight excluding hydrogens is 348 g/mol. The first kappa shape index (κ1) is 17.9. The quantitative estimate of drug-likeness (QED) is 0.704. The lowest BCUT2D eigenvalue weighted by Crippen LogP contribution is -2.14. The number of hydrogen-bond donors (Lipinski definition) is 1. The van der Waals surface area contributed by atoms with Crippen molar-refractivity contribution in [1.82, 2.24) is 4.98 Å². The molecule has 0 atom stereocenters. The van der Waals surface area contributed by atoms with Gasteiger partial charge in [0.1, 0.15) is 11.5 Å². The monoisotopic (exact) mass is 368 g/mol. The lowest BCUT2D eigenvalue weighted by atomic mass is 10.1. The number of nitrogens with one attached hydrogen (secondary N) is 1. The van der Waals surface area contributed by atoms with Crippen molar-refractivity contribution in [3.63, 3.8) is 0 Å². The van der Waals surface area contributed by atoms with Crippen LogP contribution in [0.2, 0.25) is 0 Å². The SMILES string of the molecule is COc1ccc(OC)c(CC(=O)Nc2nc(-c3ccccc3C)cs2)c1. The standard InChI is InChI=1S/C20H20N2O3S/c1-13-6-4-5-7-16(13)17-12-26-20(21-17)22-19(23)11-14-10-15(24-2)8-9-18(14)25-3/h4-10,12H,11H2,1-3H3,(H,21,22,23). The topological polar surface area (TPSA) is 60.5 Å². The van der Waals surface area contributed by atoms with Crippen molar-refractivity contribution in [1.29, 1.82) is 0 Å². The van der Waals surface area contributed by atoms with Crippen molar-refractivity contribution < 1.29 is 14.3 Å². The first-order valence-electron chi connectivity index (χ1n) is 8.13. The second kappa shape index (κ2) is 8.01. The molecule has 1 amide bonds. The number of rotatable bonds is 6. The maximum atomic E-state index is 12.4. The van der Waals surface area contributed by atoms with Crippen molar-refractivity contribution in [3.8, 4) is 22.8 Å². The molecule has 3 aromatic rings. The Morgan fingerprint density at radius 2 is 1.96 bits per heavy atom. The number of ether oxygens (including phenoxy) is 2. The van der Waals surface area contributed by atoms with E-state index in [-0.39, 0.29) is 12.3 Å². The van der Waals surface area contributed by atoms with Crippen molar-refractivity contribution >= 4 is 22.4 Å². The van der Waals surface area contributed by atoms with E-state index in [9.17, 15) is 4.79 Å². The second-order valence-electron chi connectivity index (χ2n) is 5.76. The summed E-state index contributed by atoms with van der Waals surface area (Å²) < 4.78 is 10.5. The molecule has 134 valence electrons. The summed E-state index contributed by atoms with van der Waals surface area (Å²) in [5.41, 5.74) is 3.85. The van der Waals surface area contributed by atoms with Gasteiger partial charge in [0, 0.05) is 16.5 Å². The van der Waals surface area contributed by atoms with Crippen LogP contribution in [0.4, 0.5) is 5.13 Å². The number of hydrogen-bond acceptors (Lipinski definition) is 5. The van der Waals surface area contributed by atoms with Crippen molar-refractivity contribution in [2.45, 2.75) is 13.3 Å². The number of carbonyl (C=O) groups is 1. The molecule has 1 heterocycles. The van der Waals surface area contributed by atoms with Gasteiger partial charge in [-0.3, -0.25) is 4.79 Å². The van der Waals surface area contributed by atoms with Crippen LogP contribution in [0, 0.1) is 6.92 Å². The number of aromatic nitrogens is 1. The van der Waals surface area contributed by atoms with Crippen LogP contribution < -0.4 is 14.8 Å². The molecule has 0 aliphatic rings. The molecule has 0 aliphatic carbocycles. The number of benzene rings is 2. The molecule has 2 aromatic carbocycles. The fourth-order valence-corrected chi connectivity index (χ4v) is 3.40. The van der Waals surface area contributed by atoms with Crippen LogP contribution in [0.3, 0.4) is 0 Å². The molecule has 0 saturated heterocycles. The van der Waals surface area contributed by atoms with E-state index in [0.29, 0.717) is 16.6 Å². The second-order valence-corrected chi connectivity index (χ2v) is 6.61. The molecular formula is C20H20N2O3S. The van der Waals surface area contributed by atoms with Gasteiger partial charge in [-0.1, -0.05) is 24.3 Å². The summed E-state index contributed by atoms with van der Waals surface area (Å²) in [6.07, 6.45) is 0.180. The average molecular weight is 368 g/mol.